The molecule has 1 aliphatic carbocycles. The van der Waals surface area contributed by atoms with Crippen LogP contribution in [0.4, 0.5) is 0 Å². The van der Waals surface area contributed by atoms with E-state index in [2.05, 4.69) is 258 Å². The largest absolute Gasteiger partial charge is 0.330 e. The number of aryl methyl sites for hydroxylation is 3. The number of hydrogen-bond acceptors (Lipinski definition) is 23. The number of pyridine rings is 3. The Balaban J connectivity index is -0.000000159. The Morgan fingerprint density at radius 3 is 0.928 bits per heavy atom. The molecule has 1 saturated carbocycles. The average Bonchev–Trinajstić information content (AvgIpc) is 0.980. The van der Waals surface area contributed by atoms with Crippen LogP contribution in [0.5, 0.6) is 0 Å². The van der Waals surface area contributed by atoms with Crippen LogP contribution in [0.1, 0.15) is 406 Å². The maximum Gasteiger partial charge on any atom is 0.0403 e. The monoisotopic (exact) mass is 2130 g/mol. The second kappa shape index (κ2) is 165. The van der Waals surface area contributed by atoms with Crippen molar-refractivity contribution in [1.29, 1.82) is 0 Å². The summed E-state index contributed by atoms with van der Waals surface area (Å²) in [7, 11) is 0. The van der Waals surface area contributed by atoms with Gasteiger partial charge in [0.2, 0.25) is 0 Å². The average molecular weight is 2130 g/mol. The summed E-state index contributed by atoms with van der Waals surface area (Å²) >= 11 is 20.1. The van der Waals surface area contributed by atoms with Crippen LogP contribution in [0.25, 0.3) is 0 Å². The van der Waals surface area contributed by atoms with Crippen LogP contribution in [0.2, 0.25) is 0 Å². The number of aromatic nitrogens is 3. The zero-order valence-electron chi connectivity index (χ0n) is 95.7. The third-order valence-electron chi connectivity index (χ3n) is 20.4. The van der Waals surface area contributed by atoms with Gasteiger partial charge in [-0.15, -0.1) is 0 Å². The van der Waals surface area contributed by atoms with E-state index >= 15 is 0 Å². The summed E-state index contributed by atoms with van der Waals surface area (Å²) in [5.74, 6) is 28.1. The van der Waals surface area contributed by atoms with Crippen molar-refractivity contribution in [3.8, 4) is 0 Å². The van der Waals surface area contributed by atoms with E-state index in [1.165, 1.54) is 393 Å². The third-order valence-corrected chi connectivity index (χ3v) is 31.3. The first-order valence-electron chi connectivity index (χ1n) is 57.1. The van der Waals surface area contributed by atoms with Crippen LogP contribution in [0, 0.1) is 17.8 Å². The predicted octanol–water partition coefficient (Wildman–Crippen LogP) is 31.9. The topological polar surface area (TPSA) is 229 Å². The summed E-state index contributed by atoms with van der Waals surface area (Å²) in [4.78, 5) is 12.1. The van der Waals surface area contributed by atoms with Crippen molar-refractivity contribution in [1.82, 2.24) is 41.5 Å². The van der Waals surface area contributed by atoms with Crippen molar-refractivity contribution < 1.29 is 0 Å². The standard InChI is InChI=1S/C10H23NS.C10H22S.2C8H19NS.3C8H11N.C8H18S.C7H17NS.C7H14.2C6H15NS.2C6H13N.C5H13NS.C4H11NS/c1-3-5-6-7-9-12-10-8-11-4-2;1-3-5-7-9-11-10-8-6-4-2;1-3-5-7-10-8-6-9-4-2;1-2-3-4-5-7-10-8-6-9;1-2-5-8-6-3-4-7-9-8;1-2-4-8-5-3-6-9-7-8;1-2-3-8-4-6-9-7-5-8;1-3-5-6-8-9-7-4-2;1-2-3-4-6-9-7-5-8;1-7-5-3-2-4-6-7;1-3-7-5-6-8-4-2;1-2-3-5-8-6-4-7;1-6-2-4-7-5-3-6;1-6-3-2-4-7-5-6;1-2-4-7-5-3-6;1-2-6-4-3-5/h11H,3-10H2,1-2H3;3-10H2,1-2H3;9H,3-8H2,1-2H3;2-9H2,1H3;3-4,6-7H,2,5H2,1H3;3,5-7H,2,4H2,1H3;4-7H,2-3H2,1H3;3-8H2,1-2H3;2-8H2,1H3;7H,2-6H2,1H3;7H,3-6H2,1-2H3;2-7H2,1H3;2*6-7H,2-5H2,1H3;2-6H2,1H3;2-5H2,1H3. The highest BCUT2D eigenvalue weighted by Crippen LogP contribution is 2.22. The third kappa shape index (κ3) is 182. The predicted molar refractivity (Wildman–Crippen MR) is 672 cm³/mol. The molecule has 1 unspecified atom stereocenters. The number of unbranched alkanes of at least 4 members (excludes halogenated alkanes) is 16. The molecule has 0 radical (unpaired) electrons. The van der Waals surface area contributed by atoms with Crippen molar-refractivity contribution in [3.05, 3.63) is 90.3 Å². The number of thioether (sulfide) groups is 10. The highest BCUT2D eigenvalue weighted by Gasteiger charge is 2.08. The summed E-state index contributed by atoms with van der Waals surface area (Å²) in [6.45, 7) is 62.6. The maximum atomic E-state index is 5.35. The second-order valence-electron chi connectivity index (χ2n) is 34.9. The zero-order valence-corrected chi connectivity index (χ0v) is 104. The first-order valence-corrected chi connectivity index (χ1v) is 68.7. The SMILES string of the molecule is CC1CCCCC1.CC1CCCNC1.CC1CCNCC1.CCCCCCSCCN.CCCCCCSCCNCC.CCCCCSCCC.CCCCCSCCCCC.CCCCCSCCN.CCCCSCCN.CCCCSCCNCC.CCCSCCN.CCCc1ccccn1.CCCc1cccnc1.CCCc1ccncc1.CCNCCSCC.CCSCCN. The van der Waals surface area contributed by atoms with Gasteiger partial charge in [-0.05, 0) is 283 Å². The fraction of sp³-hybridized carbons (Fsp3) is 0.870. The van der Waals surface area contributed by atoms with Gasteiger partial charge < -0.3 is 55.3 Å². The van der Waals surface area contributed by atoms with Crippen molar-refractivity contribution in [2.45, 2.75) is 409 Å². The Morgan fingerprint density at radius 1 is 0.275 bits per heavy atom. The zero-order chi connectivity index (χ0) is 104. The molecule has 0 bridgehead atoms. The second-order valence-corrected chi connectivity index (χ2v) is 47.5. The first kappa shape index (κ1) is 159. The molecule has 15 N–H and O–H groups in total. The van der Waals surface area contributed by atoms with E-state index < -0.39 is 0 Å². The molecule has 3 aromatic heterocycles. The smallest absolute Gasteiger partial charge is 0.0403 e. The van der Waals surface area contributed by atoms with Gasteiger partial charge in [0.15, 0.2) is 0 Å². The Morgan fingerprint density at radius 2 is 0.623 bits per heavy atom. The minimum Gasteiger partial charge on any atom is -0.330 e. The lowest BCUT2D eigenvalue weighted by Gasteiger charge is -2.17. The van der Waals surface area contributed by atoms with Crippen LogP contribution < -0.4 is 55.3 Å². The van der Waals surface area contributed by atoms with E-state index in [1.807, 2.05) is 114 Å². The summed E-state index contributed by atoms with van der Waals surface area (Å²) in [5.41, 5.74) is 30.3. The molecule has 3 fully saturated rings. The number of piperidine rings is 2. The lowest BCUT2D eigenvalue weighted by atomic mass is 9.91. The molecule has 0 spiro atoms. The number of nitrogens with one attached hydrogen (secondary N) is 5. The van der Waals surface area contributed by atoms with E-state index in [4.69, 9.17) is 28.7 Å². The molecule has 1 atom stereocenters. The molecule has 6 rings (SSSR count). The Bertz CT molecular complexity index is 2040. The Kier molecular flexibility index (Phi) is 190. The maximum absolute atomic E-state index is 5.35. The summed E-state index contributed by atoms with van der Waals surface area (Å²) in [5, 5.41) is 16.5. The minimum atomic E-state index is 0.818. The van der Waals surface area contributed by atoms with Crippen LogP contribution in [0.3, 0.4) is 0 Å². The fourth-order valence-corrected chi connectivity index (χ4v) is 20.0. The minimum absolute atomic E-state index is 0.818. The molecule has 0 amide bonds. The van der Waals surface area contributed by atoms with Gasteiger partial charge in [-0.3, -0.25) is 15.0 Å². The van der Waals surface area contributed by atoms with Crippen LogP contribution >= 0.6 is 118 Å². The highest BCUT2D eigenvalue weighted by atomic mass is 32.2. The quantitative estimate of drug-likeness (QED) is 0.0237. The Labute approximate surface area is 909 Å². The van der Waals surface area contributed by atoms with E-state index in [1.54, 1.807) is 6.20 Å². The van der Waals surface area contributed by atoms with E-state index in [0.29, 0.717) is 0 Å². The van der Waals surface area contributed by atoms with Crippen LogP contribution in [0.15, 0.2) is 73.4 Å². The van der Waals surface area contributed by atoms with Crippen molar-refractivity contribution in [3.63, 3.8) is 0 Å². The molecule has 0 aromatic carbocycles. The Hall–Kier alpha value is 0.550. The number of nitrogens with zero attached hydrogens (tertiary/aromatic N) is 3. The lowest BCUT2D eigenvalue weighted by Crippen LogP contribution is -2.27. The van der Waals surface area contributed by atoms with Gasteiger partial charge in [-0.1, -0.05) is 312 Å². The van der Waals surface area contributed by atoms with Gasteiger partial charge >= 0.3 is 0 Å². The molecule has 138 heavy (non-hydrogen) atoms. The normalized spacial score (nSPS) is 12.6. The fourth-order valence-electron chi connectivity index (χ4n) is 12.1. The molecule has 3 aliphatic rings. The molecule has 5 heterocycles. The van der Waals surface area contributed by atoms with Gasteiger partial charge in [0.1, 0.15) is 0 Å². The van der Waals surface area contributed by atoms with Gasteiger partial charge in [-0.2, -0.15) is 118 Å². The van der Waals surface area contributed by atoms with E-state index in [9.17, 15) is 0 Å². The van der Waals surface area contributed by atoms with Crippen LogP contribution in [-0.4, -0.2) is 228 Å². The van der Waals surface area contributed by atoms with E-state index in [-0.39, 0.29) is 0 Å². The molecule has 2 aliphatic heterocycles. The van der Waals surface area contributed by atoms with Crippen molar-refractivity contribution in [2.24, 2.45) is 46.4 Å². The van der Waals surface area contributed by atoms with E-state index in [0.717, 1.165) is 118 Å². The van der Waals surface area contributed by atoms with Crippen molar-refractivity contribution >= 4 is 118 Å². The molecule has 13 nitrogen and oxygen atoms in total. The molecular weight excluding hydrogens is 1880 g/mol. The van der Waals surface area contributed by atoms with Gasteiger partial charge in [0.25, 0.3) is 0 Å². The number of hydrogen-bond donors (Lipinski definition) is 10. The summed E-state index contributed by atoms with van der Waals surface area (Å²) in [6, 6.07) is 14.2. The summed E-state index contributed by atoms with van der Waals surface area (Å²) < 4.78 is 0. The van der Waals surface area contributed by atoms with Crippen molar-refractivity contribution in [2.75, 3.05) is 213 Å². The van der Waals surface area contributed by atoms with Crippen LogP contribution in [-0.2, 0) is 19.3 Å². The lowest BCUT2D eigenvalue weighted by molar-refractivity contribution is 0.385. The van der Waals surface area contributed by atoms with Gasteiger partial charge in [-0.25, -0.2) is 0 Å². The molecular formula is C115H245N13S10. The van der Waals surface area contributed by atoms with Gasteiger partial charge in [0.05, 0.1) is 0 Å². The molecule has 3 aromatic rings. The number of rotatable bonds is 66. The number of nitrogens with two attached hydrogens (primary N) is 5. The van der Waals surface area contributed by atoms with Gasteiger partial charge in [0, 0.05) is 135 Å². The summed E-state index contributed by atoms with van der Waals surface area (Å²) in [6.07, 6.45) is 64.9. The first-order chi connectivity index (χ1) is 67.6. The molecule has 2 saturated heterocycles. The molecule has 23 heteroatoms. The molecule has 830 valence electrons. The highest BCUT2D eigenvalue weighted by molar-refractivity contribution is 8.01.